The van der Waals surface area contributed by atoms with Crippen LogP contribution in [0.15, 0.2) is 84.9 Å². The van der Waals surface area contributed by atoms with Gasteiger partial charge in [-0.2, -0.15) is 0 Å². The van der Waals surface area contributed by atoms with Gasteiger partial charge in [-0.3, -0.25) is 0 Å². The number of benzene rings is 3. The first-order valence-electron chi connectivity index (χ1n) is 8.93. The summed E-state index contributed by atoms with van der Waals surface area (Å²) < 4.78 is 0. The minimum absolute atomic E-state index is 1.17. The van der Waals surface area contributed by atoms with Crippen molar-refractivity contribution in [3.05, 3.63) is 96.1 Å². The van der Waals surface area contributed by atoms with Crippen LogP contribution < -0.4 is 4.90 Å². The average Bonchev–Trinajstić information content (AvgIpc) is 2.68. The van der Waals surface area contributed by atoms with Crippen molar-refractivity contribution in [1.82, 2.24) is 0 Å². The largest absolute Gasteiger partial charge is 0.310 e. The van der Waals surface area contributed by atoms with Gasteiger partial charge in [0.25, 0.3) is 0 Å². The van der Waals surface area contributed by atoms with Crippen LogP contribution in [0.3, 0.4) is 0 Å². The molecule has 0 radical (unpaired) electrons. The summed E-state index contributed by atoms with van der Waals surface area (Å²) in [6, 6.07) is 27.7. The normalized spacial score (nSPS) is 10.2. The zero-order chi connectivity index (χ0) is 18.1. The summed E-state index contributed by atoms with van der Waals surface area (Å²) in [4.78, 5) is 2.30. The molecule has 0 aliphatic heterocycles. The van der Waals surface area contributed by atoms with Crippen LogP contribution in [0.25, 0.3) is 6.08 Å². The predicted octanol–water partition coefficient (Wildman–Crippen LogP) is 7.52. The van der Waals surface area contributed by atoms with Gasteiger partial charge in [0.1, 0.15) is 0 Å². The average molecular weight is 329 g/mol. The first-order valence-corrected chi connectivity index (χ1v) is 8.93. The molecule has 25 heavy (non-hydrogen) atoms. The van der Waals surface area contributed by atoms with Crippen molar-refractivity contribution in [3.63, 3.8) is 0 Å². The minimum atomic E-state index is 1.17. The predicted molar refractivity (Wildman–Crippen MR) is 112 cm³/mol. The molecule has 128 valence electrons. The summed E-state index contributed by atoms with van der Waals surface area (Å²) in [6.07, 6.45) is 4.18. The molecule has 3 rings (SSSR count). The zero-order valence-electron chi connectivity index (χ0n) is 15.6. The van der Waals surface area contributed by atoms with E-state index in [1.165, 1.54) is 28.2 Å². The molecule has 0 unspecified atom stereocenters. The number of para-hydroxylation sites is 2. The molecule has 0 spiro atoms. The van der Waals surface area contributed by atoms with Gasteiger partial charge in [-0.1, -0.05) is 74.5 Å². The summed E-state index contributed by atoms with van der Waals surface area (Å²) >= 11 is 0. The number of aryl methyl sites for hydroxylation is 1. The molecule has 1 heteroatoms. The Morgan fingerprint density at radius 1 is 0.680 bits per heavy atom. The lowest BCUT2D eigenvalue weighted by atomic mass is 10.1. The highest BCUT2D eigenvalue weighted by molar-refractivity contribution is 5.78. The van der Waals surface area contributed by atoms with Gasteiger partial charge in [0, 0.05) is 17.1 Å². The van der Waals surface area contributed by atoms with E-state index in [2.05, 4.69) is 103 Å². The highest BCUT2D eigenvalue weighted by Gasteiger charge is 2.13. The molecule has 0 aromatic heterocycles. The second-order valence-corrected chi connectivity index (χ2v) is 5.55. The SMILES string of the molecule is CC.CC=Cc1ccc(N(c2ccccc2)c2ccccc2C)cc1. The molecule has 0 bridgehead atoms. The van der Waals surface area contributed by atoms with Crippen LogP contribution in [-0.4, -0.2) is 0 Å². The van der Waals surface area contributed by atoms with Crippen LogP contribution in [0.4, 0.5) is 17.1 Å². The number of hydrogen-bond acceptors (Lipinski definition) is 1. The van der Waals surface area contributed by atoms with Crippen LogP contribution in [0, 0.1) is 6.92 Å². The third-order valence-electron chi connectivity index (χ3n) is 3.88. The van der Waals surface area contributed by atoms with Crippen LogP contribution in [0.2, 0.25) is 0 Å². The van der Waals surface area contributed by atoms with E-state index in [0.717, 1.165) is 0 Å². The Morgan fingerprint density at radius 3 is 1.84 bits per heavy atom. The van der Waals surface area contributed by atoms with Gasteiger partial charge in [0.2, 0.25) is 0 Å². The van der Waals surface area contributed by atoms with E-state index in [-0.39, 0.29) is 0 Å². The summed E-state index contributed by atoms with van der Waals surface area (Å²) in [5.74, 6) is 0. The van der Waals surface area contributed by atoms with Crippen molar-refractivity contribution in [1.29, 1.82) is 0 Å². The van der Waals surface area contributed by atoms with Gasteiger partial charge in [0.15, 0.2) is 0 Å². The number of anilines is 3. The van der Waals surface area contributed by atoms with Crippen molar-refractivity contribution in [2.24, 2.45) is 0 Å². The third kappa shape index (κ3) is 4.60. The van der Waals surface area contributed by atoms with Gasteiger partial charge in [-0.15, -0.1) is 0 Å². The van der Waals surface area contributed by atoms with E-state index in [4.69, 9.17) is 0 Å². The molecule has 0 heterocycles. The van der Waals surface area contributed by atoms with Crippen LogP contribution in [0.5, 0.6) is 0 Å². The molecular formula is C24H27N. The van der Waals surface area contributed by atoms with E-state index in [1.807, 2.05) is 20.8 Å². The molecule has 0 amide bonds. The molecule has 0 saturated carbocycles. The topological polar surface area (TPSA) is 3.24 Å². The number of allylic oxidation sites excluding steroid dienone is 1. The first-order chi connectivity index (χ1) is 12.3. The molecule has 0 saturated heterocycles. The number of nitrogens with zero attached hydrogens (tertiary/aromatic N) is 1. The second kappa shape index (κ2) is 9.48. The van der Waals surface area contributed by atoms with E-state index in [9.17, 15) is 0 Å². The van der Waals surface area contributed by atoms with Gasteiger partial charge in [0.05, 0.1) is 0 Å². The van der Waals surface area contributed by atoms with Gasteiger partial charge >= 0.3 is 0 Å². The first kappa shape index (κ1) is 18.5. The molecule has 0 atom stereocenters. The fourth-order valence-electron chi connectivity index (χ4n) is 2.75. The van der Waals surface area contributed by atoms with Crippen LogP contribution in [0.1, 0.15) is 31.9 Å². The summed E-state index contributed by atoms with van der Waals surface area (Å²) in [5.41, 5.74) is 6.01. The lowest BCUT2D eigenvalue weighted by molar-refractivity contribution is 1.25. The molecule has 0 aliphatic rings. The Balaban J connectivity index is 0.00000109. The zero-order valence-corrected chi connectivity index (χ0v) is 15.6. The van der Waals surface area contributed by atoms with Crippen molar-refractivity contribution in [3.8, 4) is 0 Å². The summed E-state index contributed by atoms with van der Waals surface area (Å²) in [5, 5.41) is 0. The monoisotopic (exact) mass is 329 g/mol. The van der Waals surface area contributed by atoms with Crippen LogP contribution >= 0.6 is 0 Å². The van der Waals surface area contributed by atoms with Crippen LogP contribution in [-0.2, 0) is 0 Å². The standard InChI is InChI=1S/C22H21N.C2H6/c1-3-9-19-14-16-21(17-15-19)23(20-11-5-4-6-12-20)22-13-8-7-10-18(22)2;1-2/h3-17H,1-2H3;1-2H3. The Morgan fingerprint density at radius 2 is 1.24 bits per heavy atom. The fraction of sp³-hybridized carbons (Fsp3) is 0.167. The fourth-order valence-corrected chi connectivity index (χ4v) is 2.75. The Labute approximate surface area is 152 Å². The Bertz CT molecular complexity index is 786. The third-order valence-corrected chi connectivity index (χ3v) is 3.88. The Hall–Kier alpha value is -2.80. The molecule has 1 nitrogen and oxygen atoms in total. The number of rotatable bonds is 4. The Kier molecular flexibility index (Phi) is 7.03. The van der Waals surface area contributed by atoms with Crippen molar-refractivity contribution in [2.75, 3.05) is 4.90 Å². The molecular weight excluding hydrogens is 302 g/mol. The maximum atomic E-state index is 2.30. The quantitative estimate of drug-likeness (QED) is 0.478. The van der Waals surface area contributed by atoms with E-state index < -0.39 is 0 Å². The second-order valence-electron chi connectivity index (χ2n) is 5.55. The van der Waals surface area contributed by atoms with Gasteiger partial charge in [-0.05, 0) is 55.3 Å². The highest BCUT2D eigenvalue weighted by Crippen LogP contribution is 2.36. The lowest BCUT2D eigenvalue weighted by Crippen LogP contribution is -2.11. The molecule has 0 aliphatic carbocycles. The summed E-state index contributed by atoms with van der Waals surface area (Å²) in [6.45, 7) is 8.19. The molecule has 3 aromatic carbocycles. The number of hydrogen-bond donors (Lipinski definition) is 0. The maximum Gasteiger partial charge on any atom is 0.0490 e. The van der Waals surface area contributed by atoms with E-state index in [0.29, 0.717) is 0 Å². The van der Waals surface area contributed by atoms with E-state index in [1.54, 1.807) is 0 Å². The van der Waals surface area contributed by atoms with Crippen molar-refractivity contribution >= 4 is 23.1 Å². The molecule has 0 fully saturated rings. The smallest absolute Gasteiger partial charge is 0.0490 e. The minimum Gasteiger partial charge on any atom is -0.310 e. The van der Waals surface area contributed by atoms with Crippen molar-refractivity contribution < 1.29 is 0 Å². The van der Waals surface area contributed by atoms with Gasteiger partial charge < -0.3 is 4.90 Å². The lowest BCUT2D eigenvalue weighted by Gasteiger charge is -2.27. The van der Waals surface area contributed by atoms with E-state index >= 15 is 0 Å². The van der Waals surface area contributed by atoms with Gasteiger partial charge in [-0.25, -0.2) is 0 Å². The molecule has 3 aromatic rings. The summed E-state index contributed by atoms with van der Waals surface area (Å²) in [7, 11) is 0. The maximum absolute atomic E-state index is 2.30. The highest BCUT2D eigenvalue weighted by atomic mass is 15.1. The van der Waals surface area contributed by atoms with Crippen molar-refractivity contribution in [2.45, 2.75) is 27.7 Å². The molecule has 0 N–H and O–H groups in total.